The quantitative estimate of drug-likeness (QED) is 0.919. The standard InChI is InChI=1S/C14H14ClNO2S/c1-8(2)13-16-11(12(19-13)14(17)18)7-9-3-5-10(15)6-4-9/h3-6,8H,7H2,1-2H3,(H,17,18). The van der Waals surface area contributed by atoms with E-state index in [9.17, 15) is 9.90 Å². The lowest BCUT2D eigenvalue weighted by Crippen LogP contribution is -2.00. The number of halogens is 1. The van der Waals surface area contributed by atoms with Crippen LogP contribution in [0.1, 0.15) is 45.7 Å². The van der Waals surface area contributed by atoms with Gasteiger partial charge in [0.15, 0.2) is 0 Å². The predicted molar refractivity (Wildman–Crippen MR) is 77.4 cm³/mol. The van der Waals surface area contributed by atoms with Crippen LogP contribution in [0.3, 0.4) is 0 Å². The SMILES string of the molecule is CC(C)c1nc(Cc2ccc(Cl)cc2)c(C(=O)O)s1. The molecule has 1 heterocycles. The molecule has 100 valence electrons. The van der Waals surface area contributed by atoms with Gasteiger partial charge in [-0.15, -0.1) is 11.3 Å². The van der Waals surface area contributed by atoms with Crippen molar-refractivity contribution in [2.24, 2.45) is 0 Å². The van der Waals surface area contributed by atoms with Gasteiger partial charge in [0, 0.05) is 17.4 Å². The molecule has 3 nitrogen and oxygen atoms in total. The third kappa shape index (κ3) is 3.33. The lowest BCUT2D eigenvalue weighted by molar-refractivity contribution is 0.0701. The van der Waals surface area contributed by atoms with Crippen LogP contribution in [-0.2, 0) is 6.42 Å². The molecule has 2 rings (SSSR count). The van der Waals surface area contributed by atoms with E-state index in [-0.39, 0.29) is 5.92 Å². The zero-order valence-corrected chi connectivity index (χ0v) is 12.3. The summed E-state index contributed by atoms with van der Waals surface area (Å²) in [5.41, 5.74) is 1.64. The predicted octanol–water partition coefficient (Wildman–Crippen LogP) is 4.21. The molecular formula is C14H14ClNO2S. The molecule has 0 aliphatic carbocycles. The van der Waals surface area contributed by atoms with Crippen LogP contribution in [0, 0.1) is 0 Å². The van der Waals surface area contributed by atoms with Gasteiger partial charge in [0.25, 0.3) is 0 Å². The van der Waals surface area contributed by atoms with E-state index in [0.717, 1.165) is 10.6 Å². The number of carbonyl (C=O) groups is 1. The highest BCUT2D eigenvalue weighted by molar-refractivity contribution is 7.13. The fourth-order valence-electron chi connectivity index (χ4n) is 1.70. The average molecular weight is 296 g/mol. The number of hydrogen-bond acceptors (Lipinski definition) is 3. The molecular weight excluding hydrogens is 282 g/mol. The number of thiazole rings is 1. The molecule has 1 aromatic heterocycles. The molecule has 5 heteroatoms. The summed E-state index contributed by atoms with van der Waals surface area (Å²) in [5.74, 6) is -0.671. The first-order chi connectivity index (χ1) is 8.97. The van der Waals surface area contributed by atoms with E-state index < -0.39 is 5.97 Å². The third-order valence-corrected chi connectivity index (χ3v) is 4.33. The van der Waals surface area contributed by atoms with Gasteiger partial charge < -0.3 is 5.11 Å². The van der Waals surface area contributed by atoms with Crippen molar-refractivity contribution < 1.29 is 9.90 Å². The summed E-state index contributed by atoms with van der Waals surface area (Å²) < 4.78 is 0. The van der Waals surface area contributed by atoms with Crippen LogP contribution in [0.4, 0.5) is 0 Å². The molecule has 0 amide bonds. The molecule has 2 aromatic rings. The molecule has 0 atom stereocenters. The van der Waals surface area contributed by atoms with E-state index in [1.54, 1.807) is 12.1 Å². The molecule has 0 aliphatic rings. The van der Waals surface area contributed by atoms with Crippen LogP contribution in [0.25, 0.3) is 0 Å². The fourth-order valence-corrected chi connectivity index (χ4v) is 2.75. The Bertz CT molecular complexity index is 590. The van der Waals surface area contributed by atoms with Crippen molar-refractivity contribution in [3.63, 3.8) is 0 Å². The van der Waals surface area contributed by atoms with Gasteiger partial charge in [0.1, 0.15) is 4.88 Å². The fraction of sp³-hybridized carbons (Fsp3) is 0.286. The van der Waals surface area contributed by atoms with Crippen molar-refractivity contribution in [1.29, 1.82) is 0 Å². The highest BCUT2D eigenvalue weighted by Crippen LogP contribution is 2.26. The van der Waals surface area contributed by atoms with E-state index in [1.165, 1.54) is 11.3 Å². The number of aromatic nitrogens is 1. The van der Waals surface area contributed by atoms with Crippen molar-refractivity contribution in [3.8, 4) is 0 Å². The minimum absolute atomic E-state index is 0.238. The first-order valence-corrected chi connectivity index (χ1v) is 7.14. The molecule has 0 saturated heterocycles. The van der Waals surface area contributed by atoms with Crippen molar-refractivity contribution in [3.05, 3.63) is 50.4 Å². The number of benzene rings is 1. The van der Waals surface area contributed by atoms with Crippen LogP contribution in [0.15, 0.2) is 24.3 Å². The first-order valence-electron chi connectivity index (χ1n) is 5.94. The van der Waals surface area contributed by atoms with Crippen LogP contribution >= 0.6 is 22.9 Å². The zero-order chi connectivity index (χ0) is 14.0. The molecule has 1 aromatic carbocycles. The topological polar surface area (TPSA) is 50.2 Å². The number of rotatable bonds is 4. The van der Waals surface area contributed by atoms with E-state index >= 15 is 0 Å². The van der Waals surface area contributed by atoms with Gasteiger partial charge in [-0.25, -0.2) is 9.78 Å². The molecule has 19 heavy (non-hydrogen) atoms. The van der Waals surface area contributed by atoms with Crippen molar-refractivity contribution in [2.75, 3.05) is 0 Å². The summed E-state index contributed by atoms with van der Waals surface area (Å²) in [6.45, 7) is 4.02. The van der Waals surface area contributed by atoms with Gasteiger partial charge in [-0.2, -0.15) is 0 Å². The Morgan fingerprint density at radius 3 is 2.53 bits per heavy atom. The lowest BCUT2D eigenvalue weighted by Gasteiger charge is -2.00. The maximum atomic E-state index is 11.3. The number of carboxylic acids is 1. The summed E-state index contributed by atoms with van der Waals surface area (Å²) in [5, 5.41) is 10.8. The molecule has 1 N–H and O–H groups in total. The van der Waals surface area contributed by atoms with E-state index in [2.05, 4.69) is 4.98 Å². The second-order valence-corrected chi connectivity index (χ2v) is 6.06. The highest BCUT2D eigenvalue weighted by atomic mass is 35.5. The summed E-state index contributed by atoms with van der Waals surface area (Å²) in [7, 11) is 0. The molecule has 0 fully saturated rings. The highest BCUT2D eigenvalue weighted by Gasteiger charge is 2.18. The zero-order valence-electron chi connectivity index (χ0n) is 10.7. The maximum absolute atomic E-state index is 11.3. The van der Waals surface area contributed by atoms with Crippen molar-refractivity contribution >= 4 is 28.9 Å². The second-order valence-electron chi connectivity index (χ2n) is 4.59. The molecule has 0 spiro atoms. The normalized spacial score (nSPS) is 10.9. The second kappa shape index (κ2) is 5.72. The lowest BCUT2D eigenvalue weighted by atomic mass is 10.1. The summed E-state index contributed by atoms with van der Waals surface area (Å²) in [4.78, 5) is 16.0. The summed E-state index contributed by atoms with van der Waals surface area (Å²) in [6.07, 6.45) is 0.516. The van der Waals surface area contributed by atoms with Gasteiger partial charge in [0.05, 0.1) is 10.7 Å². The number of carboxylic acid groups (broad SMARTS) is 1. The van der Waals surface area contributed by atoms with Crippen LogP contribution < -0.4 is 0 Å². The Morgan fingerprint density at radius 2 is 2.00 bits per heavy atom. The van der Waals surface area contributed by atoms with Crippen LogP contribution in [-0.4, -0.2) is 16.1 Å². The summed E-state index contributed by atoms with van der Waals surface area (Å²) >= 11 is 7.10. The Labute approximate surface area is 120 Å². The monoisotopic (exact) mass is 295 g/mol. The molecule has 0 aliphatic heterocycles. The van der Waals surface area contributed by atoms with Crippen molar-refractivity contribution in [1.82, 2.24) is 4.98 Å². The molecule has 0 saturated carbocycles. The smallest absolute Gasteiger partial charge is 0.347 e. The van der Waals surface area contributed by atoms with Crippen LogP contribution in [0.5, 0.6) is 0 Å². The Hall–Kier alpha value is -1.39. The minimum Gasteiger partial charge on any atom is -0.477 e. The van der Waals surface area contributed by atoms with Gasteiger partial charge >= 0.3 is 5.97 Å². The Morgan fingerprint density at radius 1 is 1.37 bits per heavy atom. The molecule has 0 unspecified atom stereocenters. The molecule has 0 radical (unpaired) electrons. The maximum Gasteiger partial charge on any atom is 0.347 e. The Kier molecular flexibility index (Phi) is 4.22. The summed E-state index contributed by atoms with van der Waals surface area (Å²) in [6, 6.07) is 7.38. The average Bonchev–Trinajstić information content (AvgIpc) is 2.76. The first kappa shape index (κ1) is 14.0. The van der Waals surface area contributed by atoms with Crippen LogP contribution in [0.2, 0.25) is 5.02 Å². The van der Waals surface area contributed by atoms with Crippen molar-refractivity contribution in [2.45, 2.75) is 26.2 Å². The third-order valence-electron chi connectivity index (χ3n) is 2.69. The minimum atomic E-state index is -0.909. The molecule has 0 bridgehead atoms. The Balaban J connectivity index is 2.33. The van der Waals surface area contributed by atoms with E-state index in [0.29, 0.717) is 22.0 Å². The van der Waals surface area contributed by atoms with Gasteiger partial charge in [-0.05, 0) is 17.7 Å². The van der Waals surface area contributed by atoms with Gasteiger partial charge in [-0.1, -0.05) is 37.6 Å². The van der Waals surface area contributed by atoms with Gasteiger partial charge in [0.2, 0.25) is 0 Å². The van der Waals surface area contributed by atoms with E-state index in [4.69, 9.17) is 11.6 Å². The number of hydrogen-bond donors (Lipinski definition) is 1. The largest absolute Gasteiger partial charge is 0.477 e. The van der Waals surface area contributed by atoms with Gasteiger partial charge in [-0.3, -0.25) is 0 Å². The number of aromatic carboxylic acids is 1. The van der Waals surface area contributed by atoms with E-state index in [1.807, 2.05) is 26.0 Å². The number of nitrogens with zero attached hydrogens (tertiary/aromatic N) is 1.